The molecule has 116 valence electrons. The summed E-state index contributed by atoms with van der Waals surface area (Å²) in [5, 5.41) is 4.45. The Morgan fingerprint density at radius 1 is 1.29 bits per heavy atom. The molecule has 2 aliphatic carbocycles. The van der Waals surface area contributed by atoms with Crippen molar-refractivity contribution in [3.8, 4) is 0 Å². The van der Waals surface area contributed by atoms with E-state index in [1.54, 1.807) is 0 Å². The summed E-state index contributed by atoms with van der Waals surface area (Å²) < 4.78 is 0. The quantitative estimate of drug-likeness (QED) is 0.743. The monoisotopic (exact) mass is 306 g/mol. The van der Waals surface area contributed by atoms with Crippen molar-refractivity contribution in [1.82, 2.24) is 5.32 Å². The van der Waals surface area contributed by atoms with Crippen LogP contribution in [0.2, 0.25) is 5.02 Å². The van der Waals surface area contributed by atoms with E-state index in [0.717, 1.165) is 29.9 Å². The number of rotatable bonds is 8. The van der Waals surface area contributed by atoms with E-state index >= 15 is 0 Å². The predicted molar refractivity (Wildman–Crippen MR) is 91.3 cm³/mol. The second-order valence-electron chi connectivity index (χ2n) is 6.71. The van der Waals surface area contributed by atoms with Crippen molar-refractivity contribution in [2.75, 3.05) is 18.0 Å². The molecule has 0 bridgehead atoms. The smallest absolute Gasteiger partial charge is 0.0642 e. The molecule has 2 aliphatic rings. The predicted octanol–water partition coefficient (Wildman–Crippen LogP) is 4.78. The minimum atomic E-state index is 0.370. The van der Waals surface area contributed by atoms with Gasteiger partial charge in [0.15, 0.2) is 0 Å². The lowest BCUT2D eigenvalue weighted by Gasteiger charge is -2.26. The van der Waals surface area contributed by atoms with Gasteiger partial charge in [-0.1, -0.05) is 24.6 Å². The van der Waals surface area contributed by atoms with Crippen LogP contribution in [-0.4, -0.2) is 19.1 Å². The molecule has 0 heterocycles. The third kappa shape index (κ3) is 3.92. The normalized spacial score (nSPS) is 19.6. The third-order valence-electron chi connectivity index (χ3n) is 4.62. The molecule has 1 atom stereocenters. The van der Waals surface area contributed by atoms with Crippen LogP contribution in [0.1, 0.15) is 57.6 Å². The number of hydrogen-bond donors (Lipinski definition) is 1. The van der Waals surface area contributed by atoms with E-state index in [1.165, 1.54) is 43.5 Å². The molecular formula is C18H27ClN2. The van der Waals surface area contributed by atoms with Crippen LogP contribution in [0, 0.1) is 5.92 Å². The van der Waals surface area contributed by atoms with Gasteiger partial charge in [0.1, 0.15) is 0 Å². The lowest BCUT2D eigenvalue weighted by atomic mass is 10.1. The first kappa shape index (κ1) is 15.2. The third-order valence-corrected chi connectivity index (χ3v) is 4.92. The largest absolute Gasteiger partial charge is 0.367 e. The van der Waals surface area contributed by atoms with Crippen molar-refractivity contribution in [2.24, 2.45) is 5.92 Å². The first-order valence-corrected chi connectivity index (χ1v) is 8.86. The zero-order valence-corrected chi connectivity index (χ0v) is 14.0. The molecule has 0 radical (unpaired) electrons. The van der Waals surface area contributed by atoms with Gasteiger partial charge in [0.25, 0.3) is 0 Å². The Hall–Kier alpha value is -0.730. The molecule has 1 N–H and O–H groups in total. The molecule has 2 saturated carbocycles. The molecule has 2 fully saturated rings. The van der Waals surface area contributed by atoms with Gasteiger partial charge >= 0.3 is 0 Å². The lowest BCUT2D eigenvalue weighted by Crippen LogP contribution is -2.28. The zero-order valence-electron chi connectivity index (χ0n) is 13.2. The van der Waals surface area contributed by atoms with E-state index in [2.05, 4.69) is 42.3 Å². The maximum Gasteiger partial charge on any atom is 0.0642 e. The second-order valence-corrected chi connectivity index (χ2v) is 7.12. The second kappa shape index (κ2) is 6.58. The van der Waals surface area contributed by atoms with E-state index < -0.39 is 0 Å². The molecule has 1 aromatic carbocycles. The first-order valence-electron chi connectivity index (χ1n) is 8.48. The van der Waals surface area contributed by atoms with E-state index in [0.29, 0.717) is 6.04 Å². The molecule has 21 heavy (non-hydrogen) atoms. The summed E-state index contributed by atoms with van der Waals surface area (Å²) in [6.45, 7) is 6.66. The Morgan fingerprint density at radius 3 is 2.62 bits per heavy atom. The molecule has 0 saturated heterocycles. The van der Waals surface area contributed by atoms with Crippen LogP contribution in [0.4, 0.5) is 5.69 Å². The highest BCUT2D eigenvalue weighted by Crippen LogP contribution is 2.40. The van der Waals surface area contributed by atoms with Gasteiger partial charge in [0.2, 0.25) is 0 Å². The molecule has 0 aromatic heterocycles. The molecule has 1 aromatic rings. The van der Waals surface area contributed by atoms with Gasteiger partial charge in [0.05, 0.1) is 10.7 Å². The van der Waals surface area contributed by atoms with Gasteiger partial charge in [-0.2, -0.15) is 0 Å². The van der Waals surface area contributed by atoms with Gasteiger partial charge in [-0.15, -0.1) is 0 Å². The maximum atomic E-state index is 6.61. The SMILES string of the molecule is CCCNC(C)c1ccc(N(CC2CC2)C2CC2)c(Cl)c1. The standard InChI is InChI=1S/C18H27ClN2/c1-3-10-20-13(2)15-6-9-18(17(19)11-15)21(16-7-8-16)12-14-4-5-14/h6,9,11,13-14,16,20H,3-5,7-8,10,12H2,1-2H3. The van der Waals surface area contributed by atoms with Crippen LogP contribution in [0.3, 0.4) is 0 Å². The van der Waals surface area contributed by atoms with Crippen LogP contribution in [-0.2, 0) is 0 Å². The topological polar surface area (TPSA) is 15.3 Å². The maximum absolute atomic E-state index is 6.61. The van der Waals surface area contributed by atoms with Gasteiger partial charge in [-0.25, -0.2) is 0 Å². The summed E-state index contributed by atoms with van der Waals surface area (Å²) in [5.41, 5.74) is 2.54. The fourth-order valence-electron chi connectivity index (χ4n) is 2.91. The van der Waals surface area contributed by atoms with Gasteiger partial charge in [-0.3, -0.25) is 0 Å². The van der Waals surface area contributed by atoms with Crippen molar-refractivity contribution in [2.45, 2.75) is 58.0 Å². The number of hydrogen-bond acceptors (Lipinski definition) is 2. The van der Waals surface area contributed by atoms with Gasteiger partial charge in [0, 0.05) is 18.6 Å². The van der Waals surface area contributed by atoms with Crippen molar-refractivity contribution < 1.29 is 0 Å². The molecule has 0 aliphatic heterocycles. The average molecular weight is 307 g/mol. The van der Waals surface area contributed by atoms with Crippen molar-refractivity contribution in [3.05, 3.63) is 28.8 Å². The summed E-state index contributed by atoms with van der Waals surface area (Å²) in [6, 6.07) is 7.75. The van der Waals surface area contributed by atoms with Crippen LogP contribution in [0.15, 0.2) is 18.2 Å². The van der Waals surface area contributed by atoms with Crippen LogP contribution in [0.5, 0.6) is 0 Å². The molecule has 0 spiro atoms. The summed E-state index contributed by atoms with van der Waals surface area (Å²) in [6.07, 6.45) is 6.62. The van der Waals surface area contributed by atoms with E-state index in [4.69, 9.17) is 11.6 Å². The highest BCUT2D eigenvalue weighted by molar-refractivity contribution is 6.33. The average Bonchev–Trinajstić information content (AvgIpc) is 3.36. The molecule has 3 rings (SSSR count). The first-order chi connectivity index (χ1) is 10.2. The molecule has 1 unspecified atom stereocenters. The minimum absolute atomic E-state index is 0.370. The lowest BCUT2D eigenvalue weighted by molar-refractivity contribution is 0.570. The number of anilines is 1. The molecule has 0 amide bonds. The van der Waals surface area contributed by atoms with Crippen LogP contribution < -0.4 is 10.2 Å². The fraction of sp³-hybridized carbons (Fsp3) is 0.667. The highest BCUT2D eigenvalue weighted by Gasteiger charge is 2.34. The fourth-order valence-corrected chi connectivity index (χ4v) is 3.21. The van der Waals surface area contributed by atoms with Crippen molar-refractivity contribution in [3.63, 3.8) is 0 Å². The van der Waals surface area contributed by atoms with Crippen LogP contribution >= 0.6 is 11.6 Å². The minimum Gasteiger partial charge on any atom is -0.367 e. The van der Waals surface area contributed by atoms with Gasteiger partial charge < -0.3 is 10.2 Å². The zero-order chi connectivity index (χ0) is 14.8. The highest BCUT2D eigenvalue weighted by atomic mass is 35.5. The van der Waals surface area contributed by atoms with Crippen molar-refractivity contribution in [1.29, 1.82) is 0 Å². The molecular weight excluding hydrogens is 280 g/mol. The number of nitrogens with one attached hydrogen (secondary N) is 1. The summed E-state index contributed by atoms with van der Waals surface area (Å²) >= 11 is 6.61. The summed E-state index contributed by atoms with van der Waals surface area (Å²) in [4.78, 5) is 2.56. The Labute approximate surface area is 133 Å². The number of nitrogens with zero attached hydrogens (tertiary/aromatic N) is 1. The Balaban J connectivity index is 1.72. The van der Waals surface area contributed by atoms with Gasteiger partial charge in [-0.05, 0) is 69.2 Å². The number of halogens is 1. The molecule has 2 nitrogen and oxygen atoms in total. The Bertz CT molecular complexity index is 480. The number of benzene rings is 1. The van der Waals surface area contributed by atoms with E-state index in [9.17, 15) is 0 Å². The summed E-state index contributed by atoms with van der Waals surface area (Å²) in [5.74, 6) is 0.909. The van der Waals surface area contributed by atoms with Crippen molar-refractivity contribution >= 4 is 17.3 Å². The van der Waals surface area contributed by atoms with Crippen LogP contribution in [0.25, 0.3) is 0 Å². The molecule has 3 heteroatoms. The Morgan fingerprint density at radius 2 is 2.05 bits per heavy atom. The Kier molecular flexibility index (Phi) is 4.75. The van der Waals surface area contributed by atoms with E-state index in [-0.39, 0.29) is 0 Å². The summed E-state index contributed by atoms with van der Waals surface area (Å²) in [7, 11) is 0. The van der Waals surface area contributed by atoms with E-state index in [1.807, 2.05) is 0 Å².